The zero-order valence-electron chi connectivity index (χ0n) is 40.6. The number of methoxy groups -OCH3 is 3. The summed E-state index contributed by atoms with van der Waals surface area (Å²) >= 11 is 0. The van der Waals surface area contributed by atoms with Crippen LogP contribution < -0.4 is 0 Å². The summed E-state index contributed by atoms with van der Waals surface area (Å²) in [6, 6.07) is -1.14. The third kappa shape index (κ3) is 14.3. The number of aliphatic hydroxyl groups excluding tert-OH is 2. The van der Waals surface area contributed by atoms with E-state index in [1.165, 1.54) is 12.0 Å². The monoisotopic (exact) mass is 914 g/mol. The molecule has 3 fully saturated rings. The molecule has 4 rings (SSSR count). The first kappa shape index (κ1) is 54.2. The van der Waals surface area contributed by atoms with E-state index in [0.717, 1.165) is 12.0 Å². The number of allylic oxidation sites excluding steroid dienone is 6. The van der Waals surface area contributed by atoms with Gasteiger partial charge in [0, 0.05) is 58.5 Å². The number of carbonyl (C=O) groups is 5. The van der Waals surface area contributed by atoms with Crippen LogP contribution in [-0.4, -0.2) is 132 Å². The summed E-state index contributed by atoms with van der Waals surface area (Å²) in [7, 11) is 4.52. The van der Waals surface area contributed by atoms with Crippen LogP contribution in [0.5, 0.6) is 0 Å². The molecule has 65 heavy (non-hydrogen) atoms. The minimum absolute atomic E-state index is 0.0193. The molecule has 14 heteroatoms. The van der Waals surface area contributed by atoms with Gasteiger partial charge in [-0.25, -0.2) is 4.79 Å². The van der Waals surface area contributed by atoms with Crippen molar-refractivity contribution in [2.75, 3.05) is 27.9 Å². The van der Waals surface area contributed by atoms with Crippen LogP contribution >= 0.6 is 0 Å². The molecule has 3 unspecified atom stereocenters. The Morgan fingerprint density at radius 3 is 2.25 bits per heavy atom. The van der Waals surface area contributed by atoms with Gasteiger partial charge in [0.1, 0.15) is 30.1 Å². The summed E-state index contributed by atoms with van der Waals surface area (Å²) < 4.78 is 29.4. The van der Waals surface area contributed by atoms with E-state index in [2.05, 4.69) is 0 Å². The Labute approximate surface area is 387 Å². The van der Waals surface area contributed by atoms with Crippen molar-refractivity contribution in [2.45, 2.75) is 180 Å². The highest BCUT2D eigenvalue weighted by Gasteiger charge is 2.53. The number of aliphatic hydroxyl groups is 3. The van der Waals surface area contributed by atoms with Crippen molar-refractivity contribution < 1.29 is 63.0 Å². The molecule has 1 saturated carbocycles. The maximum atomic E-state index is 14.4. The lowest BCUT2D eigenvalue weighted by atomic mass is 9.78. The predicted molar refractivity (Wildman–Crippen MR) is 245 cm³/mol. The third-order valence-electron chi connectivity index (χ3n) is 14.5. The first-order chi connectivity index (χ1) is 30.7. The highest BCUT2D eigenvalue weighted by Crippen LogP contribution is 2.38. The number of carbonyl (C=O) groups excluding carboxylic acids is 5. The van der Waals surface area contributed by atoms with Gasteiger partial charge in [0.15, 0.2) is 5.78 Å². The number of hydrogen-bond donors (Lipinski definition) is 3. The topological polar surface area (TPSA) is 195 Å². The van der Waals surface area contributed by atoms with E-state index in [1.54, 1.807) is 41.1 Å². The van der Waals surface area contributed by atoms with Crippen LogP contribution in [0.1, 0.15) is 126 Å². The number of cyclic esters (lactones) is 1. The second kappa shape index (κ2) is 25.1. The summed E-state index contributed by atoms with van der Waals surface area (Å²) in [6.07, 6.45) is 11.2. The standard InChI is InChI=1S/C51H79NO13/c1-30-16-12-11-13-17-31(2)42(61-8)28-38-21-19-36(7)51(60,65-38)48(57)49(58)52-23-15-14-18-39(52)50(59)64-43(33(4)26-37-20-22-40(53)44(27-37)62-9)29-41(54)32(3)25-35(6)46(56)47(63-10)45(55)34(5)24-30/h11-13,16-17,25,30,32-34,36-40,42-44,46-47,53,56,60H,14-15,18-24,26-29H2,1-10H3/b13-11?,16-12+,31-17?,35-25+/t30-,32-,33?,34-,36-,37?,38?,39+,40-,42+,43+,44-,46-,47+,51-/m1/s1. The van der Waals surface area contributed by atoms with Gasteiger partial charge in [-0.1, -0.05) is 71.1 Å². The van der Waals surface area contributed by atoms with Crippen LogP contribution in [-0.2, 0) is 47.7 Å². The number of Topliss-reactive ketones (excluding diaryl/α,β-unsaturated/α-hetero) is 3. The molecule has 1 amide bonds. The molecule has 0 aromatic rings. The number of ketones is 3. The number of rotatable bonds is 6. The van der Waals surface area contributed by atoms with Crippen LogP contribution in [0.3, 0.4) is 0 Å². The van der Waals surface area contributed by atoms with Gasteiger partial charge < -0.3 is 43.9 Å². The SMILES string of the molecule is CO[C@H]1CC2CC[C@@H](C)[C@@](O)(O2)C(=O)C(=O)N2CCCC[C@H]2C(=O)O[C@H](C(C)CC2CC[C@@H](O)[C@H](OC)C2)CC(=O)[C@H](C)/C=C(\C)[C@@H](O)[C@@H](OC)C(=O)[C@H](C)C[C@H](C)/C=C/C=CC=C1C. The number of piperidine rings is 1. The minimum atomic E-state index is -2.43. The molecule has 15 atom stereocenters. The Morgan fingerprint density at radius 1 is 0.846 bits per heavy atom. The molecule has 4 aliphatic rings. The van der Waals surface area contributed by atoms with Gasteiger partial charge in [-0.05, 0) is 107 Å². The summed E-state index contributed by atoms with van der Waals surface area (Å²) in [5.74, 6) is -7.96. The molecule has 0 aromatic carbocycles. The number of hydrogen-bond acceptors (Lipinski definition) is 13. The van der Waals surface area contributed by atoms with Crippen molar-refractivity contribution in [1.82, 2.24) is 4.90 Å². The fourth-order valence-corrected chi connectivity index (χ4v) is 10.1. The molecule has 1 aliphatic carbocycles. The largest absolute Gasteiger partial charge is 0.460 e. The van der Waals surface area contributed by atoms with E-state index < -0.39 is 83.9 Å². The zero-order valence-corrected chi connectivity index (χ0v) is 40.6. The van der Waals surface area contributed by atoms with Crippen molar-refractivity contribution in [3.8, 4) is 0 Å². The van der Waals surface area contributed by atoms with Gasteiger partial charge in [-0.15, -0.1) is 0 Å². The van der Waals surface area contributed by atoms with E-state index in [1.807, 2.05) is 58.1 Å². The minimum Gasteiger partial charge on any atom is -0.460 e. The van der Waals surface area contributed by atoms with Crippen LogP contribution in [0.2, 0.25) is 0 Å². The third-order valence-corrected chi connectivity index (χ3v) is 14.5. The fourth-order valence-electron chi connectivity index (χ4n) is 10.1. The second-order valence-electron chi connectivity index (χ2n) is 19.6. The predicted octanol–water partition coefficient (Wildman–Crippen LogP) is 6.18. The van der Waals surface area contributed by atoms with Crippen molar-refractivity contribution in [2.24, 2.45) is 35.5 Å². The first-order valence-corrected chi connectivity index (χ1v) is 23.9. The fraction of sp³-hybridized carbons (Fsp3) is 0.745. The Balaban J connectivity index is 1.70. The Hall–Kier alpha value is -3.37. The van der Waals surface area contributed by atoms with Gasteiger partial charge in [0.05, 0.1) is 24.4 Å². The zero-order chi connectivity index (χ0) is 48.2. The molecule has 3 N–H and O–H groups in total. The van der Waals surface area contributed by atoms with Gasteiger partial charge >= 0.3 is 5.97 Å². The molecular weight excluding hydrogens is 835 g/mol. The smallest absolute Gasteiger partial charge is 0.329 e. The summed E-state index contributed by atoms with van der Waals surface area (Å²) in [4.78, 5) is 71.8. The maximum absolute atomic E-state index is 14.4. The number of ether oxygens (including phenoxy) is 5. The average molecular weight is 914 g/mol. The number of nitrogens with zero attached hydrogens (tertiary/aromatic N) is 1. The quantitative estimate of drug-likeness (QED) is 0.156. The summed E-state index contributed by atoms with van der Waals surface area (Å²) in [6.45, 7) is 12.7. The van der Waals surface area contributed by atoms with Gasteiger partial charge in [0.25, 0.3) is 11.7 Å². The van der Waals surface area contributed by atoms with Crippen LogP contribution in [0.15, 0.2) is 47.6 Å². The summed E-state index contributed by atoms with van der Waals surface area (Å²) in [5, 5.41) is 33.8. The molecule has 0 spiro atoms. The lowest BCUT2D eigenvalue weighted by Crippen LogP contribution is -2.61. The molecule has 366 valence electrons. The molecule has 0 aromatic heterocycles. The van der Waals surface area contributed by atoms with Crippen molar-refractivity contribution in [3.63, 3.8) is 0 Å². The van der Waals surface area contributed by atoms with Gasteiger partial charge in [-0.3, -0.25) is 19.2 Å². The van der Waals surface area contributed by atoms with Gasteiger partial charge in [-0.2, -0.15) is 0 Å². The van der Waals surface area contributed by atoms with E-state index in [4.69, 9.17) is 23.7 Å². The molecule has 3 aliphatic heterocycles. The van der Waals surface area contributed by atoms with Crippen molar-refractivity contribution in [3.05, 3.63) is 47.6 Å². The number of amides is 1. The molecule has 2 bridgehead atoms. The lowest BCUT2D eigenvalue weighted by Gasteiger charge is -2.42. The van der Waals surface area contributed by atoms with Crippen molar-refractivity contribution >= 4 is 29.2 Å². The average Bonchev–Trinajstić information content (AvgIpc) is 3.28. The first-order valence-electron chi connectivity index (χ1n) is 23.9. The van der Waals surface area contributed by atoms with Gasteiger partial charge in [0.2, 0.25) is 5.79 Å². The second-order valence-corrected chi connectivity index (χ2v) is 19.6. The highest BCUT2D eigenvalue weighted by molar-refractivity contribution is 6.39. The number of fused-ring (bicyclic) bond motifs is 3. The van der Waals surface area contributed by atoms with E-state index in [9.17, 15) is 39.3 Å². The van der Waals surface area contributed by atoms with E-state index in [-0.39, 0.29) is 54.8 Å². The summed E-state index contributed by atoms with van der Waals surface area (Å²) in [5.41, 5.74) is 1.27. The van der Waals surface area contributed by atoms with Crippen LogP contribution in [0, 0.1) is 35.5 Å². The van der Waals surface area contributed by atoms with Crippen LogP contribution in [0.4, 0.5) is 0 Å². The van der Waals surface area contributed by atoms with Crippen molar-refractivity contribution in [1.29, 1.82) is 0 Å². The van der Waals surface area contributed by atoms with E-state index in [0.29, 0.717) is 63.4 Å². The molecular formula is C51H79NO13. The molecule has 0 radical (unpaired) electrons. The molecule has 14 nitrogen and oxygen atoms in total. The lowest BCUT2D eigenvalue weighted by molar-refractivity contribution is -0.265. The maximum Gasteiger partial charge on any atom is 0.329 e. The number of esters is 1. The molecule has 2 saturated heterocycles. The normalized spacial score (nSPS) is 39.1. The Kier molecular flexibility index (Phi) is 21.0. The Bertz CT molecular complexity index is 1760. The van der Waals surface area contributed by atoms with E-state index >= 15 is 0 Å². The Morgan fingerprint density at radius 2 is 1.57 bits per heavy atom. The molecule has 3 heterocycles. The van der Waals surface area contributed by atoms with Crippen LogP contribution in [0.25, 0.3) is 0 Å². The highest BCUT2D eigenvalue weighted by atomic mass is 16.6.